The molecule has 0 bridgehead atoms. The van der Waals surface area contributed by atoms with Crippen LogP contribution < -0.4 is 4.90 Å². The zero-order valence-electron chi connectivity index (χ0n) is 17.1. The lowest BCUT2D eigenvalue weighted by Crippen LogP contribution is -2.32. The molecule has 0 aliphatic heterocycles. The third kappa shape index (κ3) is 3.51. The molecular formula is C24H25N3OS. The Hall–Kier alpha value is -2.79. The highest BCUT2D eigenvalue weighted by Gasteiger charge is 2.25. The first-order valence-corrected chi connectivity index (χ1v) is 11.3. The lowest BCUT2D eigenvalue weighted by atomic mass is 10.1. The van der Waals surface area contributed by atoms with Gasteiger partial charge in [-0.3, -0.25) is 14.1 Å². The second-order valence-electron chi connectivity index (χ2n) is 7.08. The van der Waals surface area contributed by atoms with Crippen LogP contribution in [0.1, 0.15) is 18.9 Å². The molecule has 1 amide bonds. The number of pyridine rings is 1. The third-order valence-electron chi connectivity index (χ3n) is 5.28. The molecule has 0 saturated carbocycles. The third-order valence-corrected chi connectivity index (χ3v) is 5.90. The second kappa shape index (κ2) is 8.29. The minimum absolute atomic E-state index is 0.131. The zero-order chi connectivity index (χ0) is 20.4. The molecule has 4 rings (SSSR count). The van der Waals surface area contributed by atoms with Crippen LogP contribution in [0.5, 0.6) is 0 Å². The van der Waals surface area contributed by atoms with E-state index in [1.807, 2.05) is 48.5 Å². The number of hydrogen-bond donors (Lipinski definition) is 0. The van der Waals surface area contributed by atoms with E-state index in [4.69, 9.17) is 4.98 Å². The maximum absolute atomic E-state index is 13.1. The van der Waals surface area contributed by atoms with E-state index in [1.54, 1.807) is 11.8 Å². The van der Waals surface area contributed by atoms with Crippen molar-refractivity contribution in [2.45, 2.75) is 20.3 Å². The summed E-state index contributed by atoms with van der Waals surface area (Å²) in [5.74, 6) is 1.80. The Bertz CT molecular complexity index is 1180. The molecule has 2 heterocycles. The number of fused-ring (bicyclic) bond motifs is 3. The van der Waals surface area contributed by atoms with Crippen molar-refractivity contribution in [2.75, 3.05) is 23.5 Å². The molecule has 0 aliphatic rings. The van der Waals surface area contributed by atoms with Gasteiger partial charge in [-0.15, -0.1) is 0 Å². The first kappa shape index (κ1) is 19.5. The van der Waals surface area contributed by atoms with Gasteiger partial charge in [0, 0.05) is 35.9 Å². The zero-order valence-corrected chi connectivity index (χ0v) is 17.9. The van der Waals surface area contributed by atoms with Crippen molar-refractivity contribution >= 4 is 39.9 Å². The Morgan fingerprint density at radius 2 is 1.86 bits per heavy atom. The van der Waals surface area contributed by atoms with E-state index in [2.05, 4.69) is 41.7 Å². The second-order valence-corrected chi connectivity index (χ2v) is 8.06. The number of carbonyl (C=O) groups excluding carboxylic acids is 1. The smallest absolute Gasteiger partial charge is 0.228 e. The van der Waals surface area contributed by atoms with Crippen LogP contribution in [0, 0.1) is 6.92 Å². The van der Waals surface area contributed by atoms with Gasteiger partial charge in [-0.1, -0.05) is 48.5 Å². The Labute approximate surface area is 175 Å². The number of thioether (sulfide) groups is 1. The summed E-state index contributed by atoms with van der Waals surface area (Å²) < 4.78 is 2.07. The predicted molar refractivity (Wildman–Crippen MR) is 124 cm³/mol. The maximum atomic E-state index is 13.1. The van der Waals surface area contributed by atoms with Gasteiger partial charge in [-0.25, -0.2) is 4.98 Å². The van der Waals surface area contributed by atoms with E-state index in [0.717, 1.165) is 44.8 Å². The number of aromatic nitrogens is 2. The summed E-state index contributed by atoms with van der Waals surface area (Å²) in [4.78, 5) is 20.0. The molecule has 0 fully saturated rings. The number of benzene rings is 2. The summed E-state index contributed by atoms with van der Waals surface area (Å²) in [6, 6.07) is 18.6. The average Bonchev–Trinajstić information content (AvgIpc) is 3.13. The van der Waals surface area contributed by atoms with Crippen LogP contribution in [-0.2, 0) is 4.79 Å². The number of imidazole rings is 1. The van der Waals surface area contributed by atoms with E-state index in [9.17, 15) is 4.79 Å². The molecule has 0 aliphatic carbocycles. The Morgan fingerprint density at radius 1 is 1.10 bits per heavy atom. The quantitative estimate of drug-likeness (QED) is 0.422. The fourth-order valence-electron chi connectivity index (χ4n) is 3.80. The van der Waals surface area contributed by atoms with Gasteiger partial charge in [0.15, 0.2) is 0 Å². The van der Waals surface area contributed by atoms with Crippen molar-refractivity contribution in [1.29, 1.82) is 0 Å². The fourth-order valence-corrected chi connectivity index (χ4v) is 4.18. The first-order valence-electron chi connectivity index (χ1n) is 9.90. The lowest BCUT2D eigenvalue weighted by Gasteiger charge is -2.22. The SMILES string of the molecule is CCN(C(=O)CCSC)c1c(-c2ccccc2C)nc2c3ccccc3ccn12. The molecule has 0 atom stereocenters. The van der Waals surface area contributed by atoms with Gasteiger partial charge in [-0.2, -0.15) is 11.8 Å². The number of aryl methyl sites for hydroxylation is 1. The van der Waals surface area contributed by atoms with Gasteiger partial charge >= 0.3 is 0 Å². The van der Waals surface area contributed by atoms with Crippen LogP contribution in [0.25, 0.3) is 27.7 Å². The van der Waals surface area contributed by atoms with Gasteiger partial charge in [0.05, 0.1) is 0 Å². The Balaban J connectivity index is 2.02. The van der Waals surface area contributed by atoms with E-state index in [1.165, 1.54) is 0 Å². The van der Waals surface area contributed by atoms with E-state index in [-0.39, 0.29) is 5.91 Å². The fraction of sp³-hybridized carbons (Fsp3) is 0.250. The first-order chi connectivity index (χ1) is 14.2. The van der Waals surface area contributed by atoms with Crippen molar-refractivity contribution in [3.8, 4) is 11.3 Å². The molecule has 148 valence electrons. The van der Waals surface area contributed by atoms with Gasteiger partial charge in [0.2, 0.25) is 5.91 Å². The van der Waals surface area contributed by atoms with Crippen molar-refractivity contribution in [3.63, 3.8) is 0 Å². The monoisotopic (exact) mass is 403 g/mol. The minimum atomic E-state index is 0.131. The number of hydrogen-bond acceptors (Lipinski definition) is 3. The van der Waals surface area contributed by atoms with Crippen molar-refractivity contribution < 1.29 is 4.79 Å². The molecule has 0 radical (unpaired) electrons. The normalized spacial score (nSPS) is 11.3. The molecule has 29 heavy (non-hydrogen) atoms. The number of rotatable bonds is 6. The summed E-state index contributed by atoms with van der Waals surface area (Å²) >= 11 is 1.69. The number of nitrogens with zero attached hydrogens (tertiary/aromatic N) is 3. The number of amides is 1. The maximum Gasteiger partial charge on any atom is 0.228 e. The minimum Gasteiger partial charge on any atom is -0.296 e. The highest BCUT2D eigenvalue weighted by Crippen LogP contribution is 2.36. The van der Waals surface area contributed by atoms with Crippen LogP contribution in [0.4, 0.5) is 5.82 Å². The van der Waals surface area contributed by atoms with Crippen LogP contribution in [0.15, 0.2) is 60.8 Å². The Kier molecular flexibility index (Phi) is 5.58. The molecular weight excluding hydrogens is 378 g/mol. The summed E-state index contributed by atoms with van der Waals surface area (Å²) in [7, 11) is 0. The number of carbonyl (C=O) groups is 1. The Morgan fingerprint density at radius 3 is 2.62 bits per heavy atom. The highest BCUT2D eigenvalue weighted by atomic mass is 32.2. The molecule has 0 saturated heterocycles. The highest BCUT2D eigenvalue weighted by molar-refractivity contribution is 7.98. The van der Waals surface area contributed by atoms with Crippen LogP contribution >= 0.6 is 11.8 Å². The van der Waals surface area contributed by atoms with Gasteiger partial charge in [0.1, 0.15) is 17.2 Å². The molecule has 0 spiro atoms. The van der Waals surface area contributed by atoms with Gasteiger partial charge in [-0.05, 0) is 37.1 Å². The largest absolute Gasteiger partial charge is 0.296 e. The predicted octanol–water partition coefficient (Wildman–Crippen LogP) is 5.57. The van der Waals surface area contributed by atoms with Crippen molar-refractivity contribution in [1.82, 2.24) is 9.38 Å². The molecule has 2 aromatic heterocycles. The lowest BCUT2D eigenvalue weighted by molar-refractivity contribution is -0.118. The molecule has 0 unspecified atom stereocenters. The topological polar surface area (TPSA) is 37.6 Å². The summed E-state index contributed by atoms with van der Waals surface area (Å²) in [5.41, 5.74) is 3.95. The van der Waals surface area contributed by atoms with Crippen molar-refractivity contribution in [2.24, 2.45) is 0 Å². The molecule has 0 N–H and O–H groups in total. The summed E-state index contributed by atoms with van der Waals surface area (Å²) in [6.07, 6.45) is 4.58. The summed E-state index contributed by atoms with van der Waals surface area (Å²) in [5, 5.41) is 2.23. The standard InChI is InChI=1S/C24H25N3OS/c1-4-26(21(28)14-16-29-3)24-22(19-11-7-5-9-17(19)2)25-23-20-12-8-6-10-18(20)13-15-27(23)24/h5-13,15H,4,14,16H2,1-3H3. The molecule has 5 heteroatoms. The van der Waals surface area contributed by atoms with Gasteiger partial charge < -0.3 is 0 Å². The van der Waals surface area contributed by atoms with E-state index < -0.39 is 0 Å². The van der Waals surface area contributed by atoms with Crippen molar-refractivity contribution in [3.05, 3.63) is 66.4 Å². The van der Waals surface area contributed by atoms with Crippen LogP contribution in [0.3, 0.4) is 0 Å². The molecule has 4 aromatic rings. The summed E-state index contributed by atoms with van der Waals surface area (Å²) in [6.45, 7) is 4.72. The molecule has 4 nitrogen and oxygen atoms in total. The van der Waals surface area contributed by atoms with E-state index in [0.29, 0.717) is 13.0 Å². The van der Waals surface area contributed by atoms with E-state index >= 15 is 0 Å². The number of anilines is 1. The van der Waals surface area contributed by atoms with Crippen LogP contribution in [0.2, 0.25) is 0 Å². The van der Waals surface area contributed by atoms with Gasteiger partial charge in [0.25, 0.3) is 0 Å². The molecule has 2 aromatic carbocycles. The average molecular weight is 404 g/mol. The van der Waals surface area contributed by atoms with Crippen LogP contribution in [-0.4, -0.2) is 33.8 Å².